The first-order valence-corrected chi connectivity index (χ1v) is 11.2. The Kier molecular flexibility index (Phi) is 17.5. The number of carboxylic acids is 2. The third kappa shape index (κ3) is 66.1. The van der Waals surface area contributed by atoms with Gasteiger partial charge in [-0.15, -0.1) is 0 Å². The Hall–Kier alpha value is -0.490. The molecule has 0 unspecified atom stereocenters. The van der Waals surface area contributed by atoms with Gasteiger partial charge < -0.3 is 19.3 Å². The molecular formula is C10H22O8S3. The second kappa shape index (κ2) is 14.4. The molecule has 128 valence electrons. The molecule has 0 fully saturated rings. The van der Waals surface area contributed by atoms with E-state index in [-0.39, 0.29) is 21.8 Å². The van der Waals surface area contributed by atoms with Gasteiger partial charge in [-0.2, -0.15) is 0 Å². The van der Waals surface area contributed by atoms with Gasteiger partial charge in [-0.25, -0.2) is 0 Å². The molecule has 0 saturated carbocycles. The molecule has 0 amide bonds. The van der Waals surface area contributed by atoms with E-state index in [1.165, 1.54) is 0 Å². The van der Waals surface area contributed by atoms with Crippen LogP contribution in [0.15, 0.2) is 0 Å². The SMILES string of the molecule is C[S+](C)CCC(=O)O.C[S+](C)CCC(=O)O.O=S(=O)([O-])[O-]. The average Bonchev–Trinajstić information content (AvgIpc) is 2.22. The predicted molar refractivity (Wildman–Crippen MR) is 83.1 cm³/mol. The summed E-state index contributed by atoms with van der Waals surface area (Å²) < 4.78 is 34.1. The second-order valence-corrected chi connectivity index (χ2v) is 9.65. The Bertz CT molecular complexity index is 348. The van der Waals surface area contributed by atoms with Gasteiger partial charge in [0.1, 0.15) is 11.5 Å². The largest absolute Gasteiger partial charge is 0.759 e. The molecule has 21 heavy (non-hydrogen) atoms. The van der Waals surface area contributed by atoms with E-state index in [1.807, 2.05) is 25.0 Å². The van der Waals surface area contributed by atoms with Gasteiger partial charge in [0.25, 0.3) is 0 Å². The zero-order valence-corrected chi connectivity index (χ0v) is 14.8. The topological polar surface area (TPSA) is 155 Å². The van der Waals surface area contributed by atoms with Crippen LogP contribution in [0.3, 0.4) is 0 Å². The van der Waals surface area contributed by atoms with Crippen LogP contribution in [-0.2, 0) is 41.8 Å². The van der Waals surface area contributed by atoms with Crippen molar-refractivity contribution in [2.24, 2.45) is 0 Å². The highest BCUT2D eigenvalue weighted by molar-refractivity contribution is 7.95. The van der Waals surface area contributed by atoms with Gasteiger partial charge in [-0.05, 0) is 21.8 Å². The van der Waals surface area contributed by atoms with Crippen LogP contribution in [0.1, 0.15) is 12.8 Å². The monoisotopic (exact) mass is 366 g/mol. The minimum Gasteiger partial charge on any atom is -0.759 e. The summed E-state index contributed by atoms with van der Waals surface area (Å²) >= 11 is 0. The van der Waals surface area contributed by atoms with Crippen LogP contribution in [0.25, 0.3) is 0 Å². The van der Waals surface area contributed by atoms with Crippen LogP contribution in [0.5, 0.6) is 0 Å². The van der Waals surface area contributed by atoms with Gasteiger partial charge in [-0.1, -0.05) is 0 Å². The van der Waals surface area contributed by atoms with E-state index in [0.29, 0.717) is 12.8 Å². The second-order valence-electron chi connectivity index (χ2n) is 4.08. The molecule has 0 atom stereocenters. The molecule has 0 rings (SSSR count). The third-order valence-corrected chi connectivity index (χ3v) is 3.49. The van der Waals surface area contributed by atoms with E-state index in [1.54, 1.807) is 0 Å². The molecule has 0 radical (unpaired) electrons. The van der Waals surface area contributed by atoms with Gasteiger partial charge in [0, 0.05) is 10.4 Å². The zero-order valence-electron chi connectivity index (χ0n) is 12.4. The Morgan fingerprint density at radius 2 is 1.05 bits per heavy atom. The number of carboxylic acid groups (broad SMARTS) is 2. The maximum atomic E-state index is 9.91. The molecule has 0 saturated heterocycles. The predicted octanol–water partition coefficient (Wildman–Crippen LogP) is -0.660. The zero-order chi connectivity index (χ0) is 17.6. The minimum absolute atomic E-state index is 0.283. The smallest absolute Gasteiger partial charge is 0.308 e. The Morgan fingerprint density at radius 1 is 0.857 bits per heavy atom. The van der Waals surface area contributed by atoms with Gasteiger partial charge in [0.2, 0.25) is 0 Å². The van der Waals surface area contributed by atoms with Gasteiger partial charge in [-0.3, -0.25) is 18.0 Å². The highest BCUT2D eigenvalue weighted by Crippen LogP contribution is 1.88. The molecule has 0 heterocycles. The maximum Gasteiger partial charge on any atom is 0.308 e. The highest BCUT2D eigenvalue weighted by Gasteiger charge is 2.05. The number of carbonyl (C=O) groups is 2. The highest BCUT2D eigenvalue weighted by atomic mass is 32.3. The van der Waals surface area contributed by atoms with Crippen LogP contribution >= 0.6 is 0 Å². The Morgan fingerprint density at radius 3 is 1.10 bits per heavy atom. The molecule has 2 N–H and O–H groups in total. The summed E-state index contributed by atoms with van der Waals surface area (Å²) in [6, 6.07) is 0. The molecule has 11 heteroatoms. The van der Waals surface area contributed by atoms with Crippen molar-refractivity contribution in [2.75, 3.05) is 36.5 Å². The fourth-order valence-corrected chi connectivity index (χ4v) is 1.75. The van der Waals surface area contributed by atoms with E-state index < -0.39 is 22.3 Å². The number of hydrogen-bond acceptors (Lipinski definition) is 6. The molecule has 0 aliphatic rings. The molecule has 0 aromatic rings. The maximum absolute atomic E-state index is 9.91. The molecule has 0 bridgehead atoms. The molecular weight excluding hydrogens is 344 g/mol. The van der Waals surface area contributed by atoms with E-state index in [2.05, 4.69) is 0 Å². The molecule has 0 aliphatic heterocycles. The Balaban J connectivity index is -0.000000239. The first kappa shape index (κ1) is 25.5. The van der Waals surface area contributed by atoms with Crippen LogP contribution in [-0.4, -0.2) is 76.2 Å². The molecule has 8 nitrogen and oxygen atoms in total. The third-order valence-electron chi connectivity index (χ3n) is 1.45. The van der Waals surface area contributed by atoms with Crippen LogP contribution in [0.2, 0.25) is 0 Å². The summed E-state index contributed by atoms with van der Waals surface area (Å²) in [5.41, 5.74) is 0. The van der Waals surface area contributed by atoms with Crippen molar-refractivity contribution in [1.29, 1.82) is 0 Å². The van der Waals surface area contributed by atoms with E-state index in [0.717, 1.165) is 11.5 Å². The van der Waals surface area contributed by atoms with E-state index >= 15 is 0 Å². The lowest BCUT2D eigenvalue weighted by atomic mass is 10.5. The number of hydrogen-bond donors (Lipinski definition) is 2. The average molecular weight is 366 g/mol. The first-order valence-electron chi connectivity index (χ1n) is 5.44. The van der Waals surface area contributed by atoms with E-state index in [9.17, 15) is 9.59 Å². The lowest BCUT2D eigenvalue weighted by Gasteiger charge is -2.06. The lowest BCUT2D eigenvalue weighted by molar-refractivity contribution is -0.137. The van der Waals surface area contributed by atoms with Crippen molar-refractivity contribution in [3.05, 3.63) is 0 Å². The van der Waals surface area contributed by atoms with Crippen molar-refractivity contribution < 1.29 is 37.3 Å². The quantitative estimate of drug-likeness (QED) is 0.356. The summed E-state index contributed by atoms with van der Waals surface area (Å²) in [6.45, 7) is 0. The Labute approximate surface area is 131 Å². The van der Waals surface area contributed by atoms with Crippen molar-refractivity contribution in [3.63, 3.8) is 0 Å². The summed E-state index contributed by atoms with van der Waals surface area (Å²) in [7, 11) is -4.60. The van der Waals surface area contributed by atoms with Crippen molar-refractivity contribution >= 4 is 44.1 Å². The lowest BCUT2D eigenvalue weighted by Crippen LogP contribution is -2.07. The van der Waals surface area contributed by atoms with Gasteiger partial charge >= 0.3 is 11.9 Å². The molecule has 0 aromatic heterocycles. The number of aliphatic carboxylic acids is 2. The summed E-state index contributed by atoms with van der Waals surface area (Å²) in [5, 5.41) is 16.3. The molecule has 0 spiro atoms. The van der Waals surface area contributed by atoms with Crippen LogP contribution < -0.4 is 0 Å². The van der Waals surface area contributed by atoms with Crippen molar-refractivity contribution in [2.45, 2.75) is 12.8 Å². The summed E-state index contributed by atoms with van der Waals surface area (Å²) in [4.78, 5) is 19.8. The molecule has 0 aliphatic carbocycles. The van der Waals surface area contributed by atoms with Gasteiger partial charge in [0.05, 0.1) is 37.9 Å². The summed E-state index contributed by atoms with van der Waals surface area (Å²) in [6.07, 6.45) is 8.81. The summed E-state index contributed by atoms with van der Waals surface area (Å²) in [5.74, 6) is 0.252. The normalized spacial score (nSPS) is 10.3. The van der Waals surface area contributed by atoms with Crippen LogP contribution in [0, 0.1) is 0 Å². The standard InChI is InChI=1S/2C5H10O2S.H2O4S/c2*1-8(2)4-3-5(6)7;1-5(2,3)4/h2*3-4H2,1-2H3;(H2,1,2,3,4). The van der Waals surface area contributed by atoms with E-state index in [4.69, 9.17) is 27.7 Å². The fourth-order valence-electron chi connectivity index (χ4n) is 0.583. The first-order chi connectivity index (χ1) is 9.25. The fraction of sp³-hybridized carbons (Fsp3) is 0.800. The van der Waals surface area contributed by atoms with Crippen molar-refractivity contribution in [1.82, 2.24) is 0 Å². The minimum atomic E-state index is -5.17. The molecule has 0 aromatic carbocycles. The number of rotatable bonds is 6. The van der Waals surface area contributed by atoms with Gasteiger partial charge in [0.15, 0.2) is 0 Å². The van der Waals surface area contributed by atoms with Crippen LogP contribution in [0.4, 0.5) is 0 Å². The van der Waals surface area contributed by atoms with Crippen molar-refractivity contribution in [3.8, 4) is 0 Å².